The zero-order valence-corrected chi connectivity index (χ0v) is 12.5. The first-order valence-corrected chi connectivity index (χ1v) is 7.34. The summed E-state index contributed by atoms with van der Waals surface area (Å²) < 4.78 is 0. The molecule has 3 aromatic rings. The van der Waals surface area contributed by atoms with Gasteiger partial charge in [0.1, 0.15) is 4.83 Å². The first-order valence-electron chi connectivity index (χ1n) is 6.52. The van der Waals surface area contributed by atoms with Crippen LogP contribution >= 0.6 is 11.3 Å². The molecule has 22 heavy (non-hydrogen) atoms. The molecule has 2 aromatic heterocycles. The molecule has 2 N–H and O–H groups in total. The topological polar surface area (TPSA) is 84.0 Å². The second-order valence-electron chi connectivity index (χ2n) is 4.63. The average Bonchev–Trinajstić information content (AvgIpc) is 2.53. The number of nitrogens with one attached hydrogen (secondary N) is 2. The van der Waals surface area contributed by atoms with Crippen LogP contribution in [0.3, 0.4) is 0 Å². The second-order valence-corrected chi connectivity index (χ2v) is 5.60. The lowest BCUT2D eigenvalue weighted by atomic mass is 10.1. The van der Waals surface area contributed by atoms with Gasteiger partial charge in [0.05, 0.1) is 5.39 Å². The first kappa shape index (κ1) is 14.2. The lowest BCUT2D eigenvalue weighted by Gasteiger charge is -2.07. The maximum absolute atomic E-state index is 12.0. The molecule has 0 saturated heterocycles. The Morgan fingerprint density at radius 3 is 2.73 bits per heavy atom. The van der Waals surface area contributed by atoms with Gasteiger partial charge < -0.3 is 0 Å². The van der Waals surface area contributed by atoms with Crippen LogP contribution in [-0.4, -0.2) is 15.9 Å². The fraction of sp³-hybridized carbons (Fsp3) is 0.0667. The van der Waals surface area contributed by atoms with Gasteiger partial charge in [-0.15, -0.1) is 0 Å². The van der Waals surface area contributed by atoms with E-state index in [9.17, 15) is 9.59 Å². The number of hydrogen-bond acceptors (Lipinski definition) is 6. The zero-order valence-electron chi connectivity index (χ0n) is 11.7. The molecule has 110 valence electrons. The van der Waals surface area contributed by atoms with E-state index in [1.54, 1.807) is 30.5 Å². The van der Waals surface area contributed by atoms with Gasteiger partial charge in [0.25, 0.3) is 11.5 Å². The minimum absolute atomic E-state index is 0.289. The SMILES string of the molecule is Cc1ccc(C(=O)NNc2nc(=O)c3cccnc3s2)cc1. The van der Waals surface area contributed by atoms with Crippen molar-refractivity contribution in [2.24, 2.45) is 0 Å². The van der Waals surface area contributed by atoms with E-state index in [0.717, 1.165) is 5.56 Å². The summed E-state index contributed by atoms with van der Waals surface area (Å²) in [6.07, 6.45) is 1.60. The van der Waals surface area contributed by atoms with E-state index in [4.69, 9.17) is 0 Å². The quantitative estimate of drug-likeness (QED) is 0.724. The van der Waals surface area contributed by atoms with Crippen LogP contribution in [0.2, 0.25) is 0 Å². The summed E-state index contributed by atoms with van der Waals surface area (Å²) in [6, 6.07) is 10.5. The van der Waals surface area contributed by atoms with Crippen LogP contribution in [0.1, 0.15) is 15.9 Å². The molecule has 2 heterocycles. The smallest absolute Gasteiger partial charge is 0.273 e. The Hall–Kier alpha value is -2.80. The number of carbonyl (C=O) groups excluding carboxylic acids is 1. The van der Waals surface area contributed by atoms with Gasteiger partial charge in [0.15, 0.2) is 0 Å². The average molecular weight is 312 g/mol. The number of hydrazine groups is 1. The minimum Gasteiger partial charge on any atom is -0.273 e. The number of amides is 1. The second kappa shape index (κ2) is 5.90. The number of pyridine rings is 1. The van der Waals surface area contributed by atoms with Crippen LogP contribution in [0.5, 0.6) is 0 Å². The van der Waals surface area contributed by atoms with E-state index in [1.807, 2.05) is 19.1 Å². The lowest BCUT2D eigenvalue weighted by molar-refractivity contribution is 0.0962. The molecule has 0 aliphatic rings. The van der Waals surface area contributed by atoms with E-state index < -0.39 is 0 Å². The number of nitrogens with zero attached hydrogens (tertiary/aromatic N) is 2. The molecule has 1 aromatic carbocycles. The Morgan fingerprint density at radius 2 is 1.95 bits per heavy atom. The third-order valence-electron chi connectivity index (χ3n) is 2.99. The predicted octanol–water partition coefficient (Wildman–Crippen LogP) is 2.12. The summed E-state index contributed by atoms with van der Waals surface area (Å²) in [6.45, 7) is 1.95. The van der Waals surface area contributed by atoms with Crippen molar-refractivity contribution < 1.29 is 4.79 Å². The molecule has 6 nitrogen and oxygen atoms in total. The molecule has 0 aliphatic carbocycles. The zero-order chi connectivity index (χ0) is 15.5. The number of rotatable bonds is 3. The molecular weight excluding hydrogens is 300 g/mol. The van der Waals surface area contributed by atoms with Gasteiger partial charge in [-0.3, -0.25) is 20.4 Å². The lowest BCUT2D eigenvalue weighted by Crippen LogP contribution is -2.30. The van der Waals surface area contributed by atoms with Crippen LogP contribution in [0, 0.1) is 6.92 Å². The van der Waals surface area contributed by atoms with Crippen LogP contribution in [0.25, 0.3) is 10.2 Å². The van der Waals surface area contributed by atoms with E-state index in [-0.39, 0.29) is 16.6 Å². The first-order chi connectivity index (χ1) is 10.6. The van der Waals surface area contributed by atoms with Crippen LogP contribution in [0.4, 0.5) is 5.13 Å². The number of fused-ring (bicyclic) bond motifs is 1. The number of aryl methyl sites for hydroxylation is 1. The molecule has 0 radical (unpaired) electrons. The van der Waals surface area contributed by atoms with Crippen LogP contribution in [-0.2, 0) is 0 Å². The van der Waals surface area contributed by atoms with Gasteiger partial charge in [-0.1, -0.05) is 29.0 Å². The third kappa shape index (κ3) is 2.94. The van der Waals surface area contributed by atoms with Crippen molar-refractivity contribution >= 4 is 32.6 Å². The molecule has 7 heteroatoms. The summed E-state index contributed by atoms with van der Waals surface area (Å²) in [4.78, 5) is 32.4. The largest absolute Gasteiger partial charge is 0.282 e. The molecule has 0 spiro atoms. The number of carbonyl (C=O) groups is 1. The van der Waals surface area contributed by atoms with Gasteiger partial charge >= 0.3 is 0 Å². The van der Waals surface area contributed by atoms with Crippen LogP contribution in [0.15, 0.2) is 47.4 Å². The van der Waals surface area contributed by atoms with E-state index >= 15 is 0 Å². The molecule has 3 rings (SSSR count). The number of benzene rings is 1. The van der Waals surface area contributed by atoms with Gasteiger partial charge in [0, 0.05) is 11.8 Å². The highest BCUT2D eigenvalue weighted by atomic mass is 32.1. The fourth-order valence-electron chi connectivity index (χ4n) is 1.84. The molecule has 0 bridgehead atoms. The standard InChI is InChI=1S/C15H12N4O2S/c1-9-4-6-10(7-5-9)12(20)18-19-15-17-13(21)11-3-2-8-16-14(11)22-15/h2-8H,1H3,(H,18,20)(H,17,19,21). The summed E-state index contributed by atoms with van der Waals surface area (Å²) >= 11 is 1.19. The summed E-state index contributed by atoms with van der Waals surface area (Å²) in [5.74, 6) is -0.303. The summed E-state index contributed by atoms with van der Waals surface area (Å²) in [5, 5.41) is 0.750. The molecular formula is C15H12N4O2S. The molecule has 0 aliphatic heterocycles. The Balaban J connectivity index is 1.77. The maximum atomic E-state index is 12.0. The Kier molecular flexibility index (Phi) is 3.80. The molecule has 0 saturated carbocycles. The molecule has 0 unspecified atom stereocenters. The van der Waals surface area contributed by atoms with Gasteiger partial charge in [0.2, 0.25) is 5.13 Å². The number of aromatic nitrogens is 2. The van der Waals surface area contributed by atoms with E-state index in [0.29, 0.717) is 15.8 Å². The van der Waals surface area contributed by atoms with Gasteiger partial charge in [-0.2, -0.15) is 4.98 Å². The third-order valence-corrected chi connectivity index (χ3v) is 3.90. The Morgan fingerprint density at radius 1 is 1.18 bits per heavy atom. The van der Waals surface area contributed by atoms with Crippen molar-refractivity contribution in [2.75, 3.05) is 5.43 Å². The molecule has 1 amide bonds. The highest BCUT2D eigenvalue weighted by Gasteiger charge is 2.07. The maximum Gasteiger partial charge on any atom is 0.282 e. The Labute approximate surface area is 129 Å². The number of anilines is 1. The van der Waals surface area contributed by atoms with Crippen molar-refractivity contribution in [1.29, 1.82) is 0 Å². The Bertz CT molecular complexity index is 890. The number of hydrogen-bond donors (Lipinski definition) is 2. The highest BCUT2D eigenvalue weighted by molar-refractivity contribution is 7.21. The van der Waals surface area contributed by atoms with Crippen LogP contribution < -0.4 is 16.4 Å². The fourth-order valence-corrected chi connectivity index (χ4v) is 2.64. The van der Waals surface area contributed by atoms with E-state index in [2.05, 4.69) is 20.8 Å². The van der Waals surface area contributed by atoms with Crippen molar-refractivity contribution in [3.05, 3.63) is 64.1 Å². The monoisotopic (exact) mass is 312 g/mol. The minimum atomic E-state index is -0.381. The molecule has 0 fully saturated rings. The van der Waals surface area contributed by atoms with Gasteiger partial charge in [-0.05, 0) is 31.2 Å². The predicted molar refractivity (Wildman–Crippen MR) is 86.0 cm³/mol. The normalized spacial score (nSPS) is 10.4. The van der Waals surface area contributed by atoms with Crippen molar-refractivity contribution in [3.8, 4) is 0 Å². The summed E-state index contributed by atoms with van der Waals surface area (Å²) in [5.41, 5.74) is 6.39. The van der Waals surface area contributed by atoms with Gasteiger partial charge in [-0.25, -0.2) is 4.98 Å². The summed E-state index contributed by atoms with van der Waals surface area (Å²) in [7, 11) is 0. The van der Waals surface area contributed by atoms with Crippen molar-refractivity contribution in [3.63, 3.8) is 0 Å². The van der Waals surface area contributed by atoms with Crippen molar-refractivity contribution in [1.82, 2.24) is 15.4 Å². The molecule has 0 atom stereocenters. The van der Waals surface area contributed by atoms with E-state index in [1.165, 1.54) is 11.3 Å². The van der Waals surface area contributed by atoms with Crippen molar-refractivity contribution in [2.45, 2.75) is 6.92 Å². The highest BCUT2D eigenvalue weighted by Crippen LogP contribution is 2.17.